The van der Waals surface area contributed by atoms with Gasteiger partial charge in [0.25, 0.3) is 6.71 Å². The molecule has 0 atom stereocenters. The molecular weight excluding hydrogens is 503 g/mol. The highest BCUT2D eigenvalue weighted by Gasteiger charge is 2.47. The molecule has 0 aliphatic carbocycles. The molecule has 0 fully saturated rings. The van der Waals surface area contributed by atoms with E-state index in [2.05, 4.69) is 131 Å². The van der Waals surface area contributed by atoms with Crippen LogP contribution in [0.25, 0.3) is 27.5 Å². The first-order valence-electron chi connectivity index (χ1n) is 14.0. The fourth-order valence-electron chi connectivity index (χ4n) is 7.28. The van der Waals surface area contributed by atoms with E-state index in [1.165, 1.54) is 32.7 Å². The van der Waals surface area contributed by atoms with Gasteiger partial charge < -0.3 is 18.9 Å². The van der Waals surface area contributed by atoms with Crippen LogP contribution in [0.3, 0.4) is 0 Å². The summed E-state index contributed by atoms with van der Waals surface area (Å²) >= 11 is 0. The Morgan fingerprint density at radius 1 is 0.439 bits per heavy atom. The molecule has 5 heteroatoms. The summed E-state index contributed by atoms with van der Waals surface area (Å²) in [5.74, 6) is 3.55. The number of hydrogen-bond donors (Lipinski definition) is 0. The summed E-state index contributed by atoms with van der Waals surface area (Å²) in [5, 5.41) is 2.46. The number of benzene rings is 6. The Morgan fingerprint density at radius 3 is 1.68 bits per heavy atom. The van der Waals surface area contributed by atoms with Crippen LogP contribution in [-0.4, -0.2) is 11.3 Å². The normalized spacial score (nSPS) is 13.7. The highest BCUT2D eigenvalue weighted by Crippen LogP contribution is 2.48. The van der Waals surface area contributed by atoms with Gasteiger partial charge in [-0.15, -0.1) is 0 Å². The van der Waals surface area contributed by atoms with E-state index in [0.29, 0.717) is 0 Å². The Hall–Kier alpha value is -5.42. The summed E-state index contributed by atoms with van der Waals surface area (Å²) in [7, 11) is 0. The molecular formula is C36H21BN2O2. The molecule has 0 unspecified atom stereocenters. The van der Waals surface area contributed by atoms with Gasteiger partial charge in [-0.3, -0.25) is 0 Å². The molecule has 0 spiro atoms. The predicted octanol–water partition coefficient (Wildman–Crippen LogP) is 7.29. The van der Waals surface area contributed by atoms with Crippen molar-refractivity contribution in [1.29, 1.82) is 0 Å². The number of aromatic nitrogens is 1. The van der Waals surface area contributed by atoms with Crippen molar-refractivity contribution in [3.8, 4) is 28.7 Å². The topological polar surface area (TPSA) is 26.6 Å². The van der Waals surface area contributed by atoms with Gasteiger partial charge in [0, 0.05) is 33.3 Å². The Morgan fingerprint density at radius 2 is 0.976 bits per heavy atom. The zero-order chi connectivity index (χ0) is 26.7. The van der Waals surface area contributed by atoms with Crippen LogP contribution in [0.2, 0.25) is 0 Å². The number of anilines is 3. The van der Waals surface area contributed by atoms with Gasteiger partial charge in [0.2, 0.25) is 0 Å². The van der Waals surface area contributed by atoms with Crippen molar-refractivity contribution >= 4 is 62.0 Å². The van der Waals surface area contributed by atoms with E-state index in [4.69, 9.17) is 9.47 Å². The van der Waals surface area contributed by atoms with Crippen molar-refractivity contribution < 1.29 is 9.47 Å². The minimum atomic E-state index is 0.0523. The monoisotopic (exact) mass is 524 g/mol. The molecule has 7 aromatic rings. The molecule has 190 valence electrons. The summed E-state index contributed by atoms with van der Waals surface area (Å²) in [6.07, 6.45) is 0. The van der Waals surface area contributed by atoms with Crippen molar-refractivity contribution in [3.05, 3.63) is 127 Å². The molecule has 6 aromatic carbocycles. The molecule has 41 heavy (non-hydrogen) atoms. The number of para-hydroxylation sites is 3. The predicted molar refractivity (Wildman–Crippen MR) is 167 cm³/mol. The van der Waals surface area contributed by atoms with E-state index >= 15 is 0 Å². The van der Waals surface area contributed by atoms with Gasteiger partial charge in [0.05, 0.1) is 16.7 Å². The number of fused-ring (bicyclic) bond motifs is 3. The van der Waals surface area contributed by atoms with Gasteiger partial charge in [-0.2, -0.15) is 0 Å². The third-order valence-electron chi connectivity index (χ3n) is 8.83. The smallest absolute Gasteiger partial charge is 0.266 e. The third kappa shape index (κ3) is 2.66. The Balaban J connectivity index is 1.35. The van der Waals surface area contributed by atoms with Crippen LogP contribution in [0.4, 0.5) is 17.1 Å². The first kappa shape index (κ1) is 21.4. The average Bonchev–Trinajstić information content (AvgIpc) is 3.37. The number of hydrogen-bond acceptors (Lipinski definition) is 3. The molecule has 3 aliphatic heterocycles. The first-order valence-corrected chi connectivity index (χ1v) is 14.0. The molecule has 0 N–H and O–H groups in total. The van der Waals surface area contributed by atoms with Crippen LogP contribution < -0.4 is 30.8 Å². The molecule has 1 aromatic heterocycles. The van der Waals surface area contributed by atoms with Crippen LogP contribution >= 0.6 is 0 Å². The number of nitrogens with zero attached hydrogens (tertiary/aromatic N) is 2. The van der Waals surface area contributed by atoms with Crippen molar-refractivity contribution in [2.24, 2.45) is 0 Å². The van der Waals surface area contributed by atoms with E-state index in [0.717, 1.165) is 51.2 Å². The van der Waals surface area contributed by atoms with Crippen molar-refractivity contribution in [3.63, 3.8) is 0 Å². The zero-order valence-electron chi connectivity index (χ0n) is 21.9. The third-order valence-corrected chi connectivity index (χ3v) is 8.83. The first-order chi connectivity index (χ1) is 20.4. The van der Waals surface area contributed by atoms with Gasteiger partial charge >= 0.3 is 0 Å². The Labute approximate surface area is 236 Å². The van der Waals surface area contributed by atoms with Crippen molar-refractivity contribution in [2.45, 2.75) is 0 Å². The summed E-state index contributed by atoms with van der Waals surface area (Å²) in [6, 6.07) is 45.0. The van der Waals surface area contributed by atoms with Crippen LogP contribution in [-0.2, 0) is 0 Å². The lowest BCUT2D eigenvalue weighted by molar-refractivity contribution is 0.464. The molecule has 0 amide bonds. The van der Waals surface area contributed by atoms with E-state index in [9.17, 15) is 0 Å². The summed E-state index contributed by atoms with van der Waals surface area (Å²) in [4.78, 5) is 2.42. The fourth-order valence-corrected chi connectivity index (χ4v) is 7.28. The number of ether oxygens (including phenoxy) is 2. The summed E-state index contributed by atoms with van der Waals surface area (Å²) < 4.78 is 15.5. The Kier molecular flexibility index (Phi) is 3.98. The summed E-state index contributed by atoms with van der Waals surface area (Å²) in [5.41, 5.74) is 10.4. The molecule has 0 bridgehead atoms. The lowest BCUT2D eigenvalue weighted by atomic mass is 9.33. The van der Waals surface area contributed by atoms with E-state index in [1.54, 1.807) is 0 Å². The largest absolute Gasteiger partial charge is 0.458 e. The Bertz CT molecular complexity index is 2160. The van der Waals surface area contributed by atoms with E-state index in [-0.39, 0.29) is 6.71 Å². The minimum Gasteiger partial charge on any atom is -0.458 e. The highest BCUT2D eigenvalue weighted by molar-refractivity contribution is 7.00. The second kappa shape index (κ2) is 7.61. The number of rotatable bonds is 2. The van der Waals surface area contributed by atoms with Gasteiger partial charge in [-0.1, -0.05) is 66.7 Å². The van der Waals surface area contributed by atoms with Crippen LogP contribution in [0.1, 0.15) is 0 Å². The molecule has 0 saturated carbocycles. The van der Waals surface area contributed by atoms with Gasteiger partial charge in [-0.25, -0.2) is 0 Å². The minimum absolute atomic E-state index is 0.0523. The second-order valence-electron chi connectivity index (χ2n) is 10.9. The maximum Gasteiger partial charge on any atom is 0.266 e. The molecule has 10 rings (SSSR count). The molecule has 4 heterocycles. The van der Waals surface area contributed by atoms with Gasteiger partial charge in [0.15, 0.2) is 0 Å². The molecule has 4 nitrogen and oxygen atoms in total. The average molecular weight is 524 g/mol. The standard InChI is InChI=1S/C36H21BN2O2/c1-2-10-22(11-3-1)38-25-14-5-4-12-23(25)24-13-6-17-28(36(24)38)39-26-15-7-18-29-33(26)37-34-27(39)16-8-19-30(34)41-32-21-9-20-31(40-29)35(32)37/h1-21H. The maximum atomic E-state index is 6.55. The maximum absolute atomic E-state index is 6.55. The van der Waals surface area contributed by atoms with Crippen LogP contribution in [0, 0.1) is 0 Å². The van der Waals surface area contributed by atoms with Crippen molar-refractivity contribution in [1.82, 2.24) is 4.57 Å². The van der Waals surface area contributed by atoms with E-state index < -0.39 is 0 Å². The van der Waals surface area contributed by atoms with Gasteiger partial charge in [-0.05, 0) is 71.6 Å². The highest BCUT2D eigenvalue weighted by atomic mass is 16.5. The van der Waals surface area contributed by atoms with Crippen molar-refractivity contribution in [2.75, 3.05) is 4.90 Å². The zero-order valence-corrected chi connectivity index (χ0v) is 21.9. The molecule has 0 radical (unpaired) electrons. The molecule has 0 saturated heterocycles. The van der Waals surface area contributed by atoms with E-state index in [1.807, 2.05) is 6.07 Å². The fraction of sp³-hybridized carbons (Fsp3) is 0. The molecule has 3 aliphatic rings. The van der Waals surface area contributed by atoms with Crippen LogP contribution in [0.15, 0.2) is 127 Å². The SMILES string of the molecule is c1ccc(-n2c3ccccc3c3cccc(N4c5cccc6c5B5c7c(cccc7Oc7cccc4c75)O6)c32)cc1. The van der Waals surface area contributed by atoms with Gasteiger partial charge in [0.1, 0.15) is 23.0 Å². The lowest BCUT2D eigenvalue weighted by Crippen LogP contribution is -2.61. The lowest BCUT2D eigenvalue weighted by Gasteiger charge is -2.42. The quantitative estimate of drug-likeness (QED) is 0.222. The summed E-state index contributed by atoms with van der Waals surface area (Å²) in [6.45, 7) is 0.0523. The second-order valence-corrected chi connectivity index (χ2v) is 10.9. The van der Waals surface area contributed by atoms with Crippen LogP contribution in [0.5, 0.6) is 23.0 Å².